The summed E-state index contributed by atoms with van der Waals surface area (Å²) in [4.78, 5) is 11.6. The second-order valence-electron chi connectivity index (χ2n) is 4.75. The number of nitrogens with zero attached hydrogens (tertiary/aromatic N) is 4. The van der Waals surface area contributed by atoms with E-state index in [0.29, 0.717) is 0 Å². The third-order valence-electron chi connectivity index (χ3n) is 3.52. The quantitative estimate of drug-likeness (QED) is 0.616. The van der Waals surface area contributed by atoms with E-state index in [-0.39, 0.29) is 17.0 Å². The molecule has 0 aliphatic carbocycles. The first-order valence-electron chi connectivity index (χ1n) is 6.05. The van der Waals surface area contributed by atoms with Gasteiger partial charge in [0.1, 0.15) is 24.3 Å². The lowest BCUT2D eigenvalue weighted by molar-refractivity contribution is -0.222. The number of aliphatic hydroxyl groups excluding tert-OH is 2. The molecule has 3 atom stereocenters. The first kappa shape index (κ1) is 13.7. The number of imidazole rings is 1. The van der Waals surface area contributed by atoms with Crippen LogP contribution in [0.4, 0.5) is 10.2 Å². The average Bonchev–Trinajstić information content (AvgIpc) is 3.00. The van der Waals surface area contributed by atoms with Crippen molar-refractivity contribution < 1.29 is 19.3 Å². The van der Waals surface area contributed by atoms with E-state index in [0.717, 1.165) is 17.2 Å². The van der Waals surface area contributed by atoms with Crippen molar-refractivity contribution in [1.29, 1.82) is 0 Å². The monoisotopic (exact) mass is 293 g/mol. The van der Waals surface area contributed by atoms with E-state index < -0.39 is 30.7 Å². The highest BCUT2D eigenvalue weighted by Crippen LogP contribution is 2.43. The molecule has 110 valence electrons. The molecule has 2 aromatic rings. The van der Waals surface area contributed by atoms with E-state index in [4.69, 9.17) is 16.9 Å². The molecule has 8 nitrogen and oxygen atoms in total. The maximum Gasteiger partial charge on any atom is 0.300 e. The summed E-state index contributed by atoms with van der Waals surface area (Å²) in [6.45, 7) is -0.722. The van der Waals surface area contributed by atoms with Crippen molar-refractivity contribution in [2.45, 2.75) is 24.1 Å². The molecule has 0 spiro atoms. The fourth-order valence-corrected chi connectivity index (χ4v) is 2.35. The molecule has 0 radical (unpaired) electrons. The summed E-state index contributed by atoms with van der Waals surface area (Å²) in [6, 6.07) is 0. The Labute approximate surface area is 118 Å². The van der Waals surface area contributed by atoms with Gasteiger partial charge in [0.15, 0.2) is 17.1 Å². The molecule has 0 saturated carbocycles. The van der Waals surface area contributed by atoms with Crippen molar-refractivity contribution in [3.8, 4) is 12.3 Å². The normalized spacial score (nSPS) is 32.4. The summed E-state index contributed by atoms with van der Waals surface area (Å²) in [7, 11) is 0. The third-order valence-corrected chi connectivity index (χ3v) is 3.52. The Morgan fingerprint density at radius 1 is 1.57 bits per heavy atom. The van der Waals surface area contributed by atoms with Gasteiger partial charge in [-0.3, -0.25) is 4.57 Å². The molecule has 4 N–H and O–H groups in total. The molecular formula is C12H12FN5O3. The van der Waals surface area contributed by atoms with Gasteiger partial charge in [0.2, 0.25) is 0 Å². The molecule has 21 heavy (non-hydrogen) atoms. The van der Waals surface area contributed by atoms with Crippen LogP contribution in [0.15, 0.2) is 12.7 Å². The molecule has 1 aliphatic rings. The second kappa shape index (κ2) is 4.36. The summed E-state index contributed by atoms with van der Waals surface area (Å²) in [5, 5.41) is 19.3. The Morgan fingerprint density at radius 3 is 2.95 bits per heavy atom. The van der Waals surface area contributed by atoms with Gasteiger partial charge in [-0.05, 0) is 0 Å². The number of ether oxygens (including phenoxy) is 1. The smallest absolute Gasteiger partial charge is 0.300 e. The fraction of sp³-hybridized carbons (Fsp3) is 0.417. The number of rotatable bonds is 2. The van der Waals surface area contributed by atoms with E-state index in [2.05, 4.69) is 20.9 Å². The number of anilines is 1. The Kier molecular flexibility index (Phi) is 2.84. The van der Waals surface area contributed by atoms with Gasteiger partial charge in [0.05, 0.1) is 13.0 Å². The molecule has 0 aromatic carbocycles. The second-order valence-corrected chi connectivity index (χ2v) is 4.75. The number of fused-ring (bicyclic) bond motifs is 1. The molecule has 1 saturated heterocycles. The van der Waals surface area contributed by atoms with Gasteiger partial charge >= 0.3 is 0 Å². The molecule has 2 aromatic heterocycles. The number of hydrogen-bond acceptors (Lipinski definition) is 7. The van der Waals surface area contributed by atoms with Crippen LogP contribution in [-0.2, 0) is 10.7 Å². The number of aromatic nitrogens is 4. The molecule has 1 aliphatic heterocycles. The zero-order chi connectivity index (χ0) is 15.3. The van der Waals surface area contributed by atoms with Crippen LogP contribution in [0.3, 0.4) is 0 Å². The van der Waals surface area contributed by atoms with Gasteiger partial charge in [-0.1, -0.05) is 5.92 Å². The molecule has 0 amide bonds. The lowest BCUT2D eigenvalue weighted by Gasteiger charge is -2.26. The number of aliphatic hydroxyl groups is 2. The summed E-state index contributed by atoms with van der Waals surface area (Å²) in [6.07, 6.45) is 5.68. The molecule has 9 heteroatoms. The van der Waals surface area contributed by atoms with E-state index in [1.807, 2.05) is 0 Å². The predicted molar refractivity (Wildman–Crippen MR) is 69.2 cm³/mol. The van der Waals surface area contributed by atoms with Crippen molar-refractivity contribution in [2.24, 2.45) is 0 Å². The van der Waals surface area contributed by atoms with Crippen molar-refractivity contribution in [1.82, 2.24) is 19.5 Å². The minimum absolute atomic E-state index is 0.0891. The van der Waals surface area contributed by atoms with Crippen LogP contribution in [0.1, 0.15) is 6.42 Å². The number of hydrogen-bond donors (Lipinski definition) is 3. The van der Waals surface area contributed by atoms with Crippen LogP contribution in [0.2, 0.25) is 0 Å². The maximum absolute atomic E-state index is 15.1. The van der Waals surface area contributed by atoms with Gasteiger partial charge in [-0.25, -0.2) is 15.0 Å². The summed E-state index contributed by atoms with van der Waals surface area (Å²) in [5.41, 5.74) is 4.12. The summed E-state index contributed by atoms with van der Waals surface area (Å²) < 4.78 is 21.2. The van der Waals surface area contributed by atoms with Gasteiger partial charge in [0.25, 0.3) is 5.98 Å². The van der Waals surface area contributed by atoms with Crippen LogP contribution in [0.25, 0.3) is 11.2 Å². The van der Waals surface area contributed by atoms with Crippen LogP contribution >= 0.6 is 0 Å². The fourth-order valence-electron chi connectivity index (χ4n) is 2.35. The minimum atomic E-state index is -2.50. The van der Waals surface area contributed by atoms with Crippen LogP contribution in [-0.4, -0.2) is 48.0 Å². The Balaban J connectivity index is 2.11. The standard InChI is InChI=1S/C12H12FN5O3/c1-2-11(4-19)7(20)3-12(13,21-11)18-6-17-8-9(14)15-5-16-10(8)18/h1,5-7,19-20H,3-4H2,(H2,14,15,16)/t7-,11+,12-/m0/s1. The molecule has 3 rings (SSSR count). The molecule has 3 heterocycles. The first-order chi connectivity index (χ1) is 9.96. The van der Waals surface area contributed by atoms with E-state index in [1.54, 1.807) is 0 Å². The maximum atomic E-state index is 15.1. The lowest BCUT2D eigenvalue weighted by atomic mass is 9.99. The number of alkyl halides is 1. The van der Waals surface area contributed by atoms with Crippen molar-refractivity contribution >= 4 is 17.0 Å². The Bertz CT molecular complexity index is 744. The molecular weight excluding hydrogens is 281 g/mol. The number of nitrogens with two attached hydrogens (primary N) is 1. The van der Waals surface area contributed by atoms with E-state index >= 15 is 4.39 Å². The minimum Gasteiger partial charge on any atom is -0.392 e. The van der Waals surface area contributed by atoms with Crippen LogP contribution in [0.5, 0.6) is 0 Å². The van der Waals surface area contributed by atoms with Gasteiger partial charge in [-0.15, -0.1) is 6.42 Å². The Hall–Kier alpha value is -2.28. The van der Waals surface area contributed by atoms with E-state index in [9.17, 15) is 10.2 Å². The largest absolute Gasteiger partial charge is 0.392 e. The molecule has 0 bridgehead atoms. The zero-order valence-electron chi connectivity index (χ0n) is 10.8. The zero-order valence-corrected chi connectivity index (χ0v) is 10.8. The Morgan fingerprint density at radius 2 is 2.33 bits per heavy atom. The van der Waals surface area contributed by atoms with E-state index in [1.165, 1.54) is 0 Å². The molecule has 1 fully saturated rings. The highest BCUT2D eigenvalue weighted by molar-refractivity contribution is 5.81. The average molecular weight is 293 g/mol. The first-order valence-corrected chi connectivity index (χ1v) is 6.05. The predicted octanol–water partition coefficient (Wildman–Crippen LogP) is -0.866. The molecule has 0 unspecified atom stereocenters. The van der Waals surface area contributed by atoms with Crippen LogP contribution in [0, 0.1) is 12.3 Å². The number of terminal acetylenes is 1. The SMILES string of the molecule is C#C[C@]1(CO)O[C@@](F)(n2cnc3c(N)ncnc32)C[C@@H]1O. The highest BCUT2D eigenvalue weighted by atomic mass is 19.2. The number of nitrogen functional groups attached to an aromatic ring is 1. The topological polar surface area (TPSA) is 119 Å². The van der Waals surface area contributed by atoms with Gasteiger partial charge in [-0.2, -0.15) is 4.39 Å². The van der Waals surface area contributed by atoms with Crippen molar-refractivity contribution in [2.75, 3.05) is 12.3 Å². The van der Waals surface area contributed by atoms with Crippen LogP contribution < -0.4 is 5.73 Å². The highest BCUT2D eigenvalue weighted by Gasteiger charge is 2.57. The lowest BCUT2D eigenvalue weighted by Crippen LogP contribution is -2.42. The number of halogens is 1. The third kappa shape index (κ3) is 1.77. The van der Waals surface area contributed by atoms with Crippen molar-refractivity contribution in [3.05, 3.63) is 12.7 Å². The van der Waals surface area contributed by atoms with Gasteiger partial charge < -0.3 is 20.7 Å². The summed E-state index contributed by atoms with van der Waals surface area (Å²) in [5.74, 6) is -0.307. The summed E-state index contributed by atoms with van der Waals surface area (Å²) >= 11 is 0. The van der Waals surface area contributed by atoms with Crippen molar-refractivity contribution in [3.63, 3.8) is 0 Å². The van der Waals surface area contributed by atoms with Gasteiger partial charge in [0, 0.05) is 0 Å².